The van der Waals surface area contributed by atoms with Crippen LogP contribution in [0, 0.1) is 0 Å². The molecule has 0 heterocycles. The summed E-state index contributed by atoms with van der Waals surface area (Å²) in [6, 6.07) is 0. The maximum atomic E-state index is 11.7. The van der Waals surface area contributed by atoms with Crippen molar-refractivity contribution in [2.45, 2.75) is 154 Å². The quantitative estimate of drug-likeness (QED) is 0.0770. The monoisotopic (exact) mass is 536 g/mol. The molecule has 8 nitrogen and oxygen atoms in total. The van der Waals surface area contributed by atoms with E-state index in [1.165, 1.54) is 103 Å². The van der Waals surface area contributed by atoms with Gasteiger partial charge in [0.05, 0.1) is 13.0 Å². The molecule has 9 heteroatoms. The maximum absolute atomic E-state index is 11.7. The van der Waals surface area contributed by atoms with Gasteiger partial charge in [-0.1, -0.05) is 123 Å². The largest absolute Gasteiger partial charge is 0.466 e. The summed E-state index contributed by atoms with van der Waals surface area (Å²) >= 11 is 0. The van der Waals surface area contributed by atoms with Crippen LogP contribution < -0.4 is 0 Å². The highest BCUT2D eigenvalue weighted by molar-refractivity contribution is 7.86. The molecule has 0 aromatic carbocycles. The number of ether oxygens (including phenoxy) is 2. The van der Waals surface area contributed by atoms with E-state index in [-0.39, 0.29) is 13.0 Å². The Hall–Kier alpha value is -1.19. The molecular weight excluding hydrogens is 484 g/mol. The molecule has 0 bridgehead atoms. The third-order valence-corrected chi connectivity index (χ3v) is 7.40. The Morgan fingerprint density at radius 1 is 0.694 bits per heavy atom. The first kappa shape index (κ1) is 34.8. The number of esters is 2. The Morgan fingerprint density at radius 3 is 1.44 bits per heavy atom. The molecule has 2 N–H and O–H groups in total. The summed E-state index contributed by atoms with van der Waals surface area (Å²) < 4.78 is 40.6. The van der Waals surface area contributed by atoms with Gasteiger partial charge in [-0.05, 0) is 12.8 Å². The molecule has 0 rings (SSSR count). The molecule has 0 aromatic heterocycles. The van der Waals surface area contributed by atoms with Crippen LogP contribution in [0.2, 0.25) is 0 Å². The summed E-state index contributed by atoms with van der Waals surface area (Å²) in [4.78, 5) is 23.4. The molecule has 2 unspecified atom stereocenters. The van der Waals surface area contributed by atoms with Gasteiger partial charge in [-0.3, -0.25) is 9.35 Å². The van der Waals surface area contributed by atoms with E-state index in [1.54, 1.807) is 0 Å². The van der Waals surface area contributed by atoms with Gasteiger partial charge in [0.25, 0.3) is 0 Å². The number of aliphatic hydroxyl groups is 1. The fourth-order valence-electron chi connectivity index (χ4n) is 4.05. The van der Waals surface area contributed by atoms with Crippen molar-refractivity contribution in [3.63, 3.8) is 0 Å². The Balaban J connectivity index is 3.51. The van der Waals surface area contributed by atoms with Gasteiger partial charge in [0.15, 0.2) is 6.10 Å². The predicted molar refractivity (Wildman–Crippen MR) is 142 cm³/mol. The van der Waals surface area contributed by atoms with Crippen molar-refractivity contribution < 1.29 is 37.1 Å². The van der Waals surface area contributed by atoms with Crippen LogP contribution in [0.15, 0.2) is 0 Å². The van der Waals surface area contributed by atoms with Crippen LogP contribution in [0.4, 0.5) is 0 Å². The molecule has 0 aliphatic heterocycles. The molecule has 0 radical (unpaired) electrons. The van der Waals surface area contributed by atoms with Crippen molar-refractivity contribution in [1.29, 1.82) is 0 Å². The van der Waals surface area contributed by atoms with Crippen molar-refractivity contribution in [1.82, 2.24) is 0 Å². The van der Waals surface area contributed by atoms with E-state index in [2.05, 4.69) is 11.7 Å². The second kappa shape index (κ2) is 23.0. The van der Waals surface area contributed by atoms with Crippen LogP contribution >= 0.6 is 0 Å². The summed E-state index contributed by atoms with van der Waals surface area (Å²) in [6.07, 6.45) is 20.2. The van der Waals surface area contributed by atoms with E-state index in [1.807, 2.05) is 0 Å². The van der Waals surface area contributed by atoms with Crippen LogP contribution in [0.5, 0.6) is 0 Å². The molecule has 214 valence electrons. The topological polar surface area (TPSA) is 127 Å². The van der Waals surface area contributed by atoms with Gasteiger partial charge in [0.1, 0.15) is 0 Å². The van der Waals surface area contributed by atoms with Crippen molar-refractivity contribution in [3.8, 4) is 0 Å². The number of unbranched alkanes of at least 4 members (excludes halogenated alkanes) is 17. The number of hydrogen-bond acceptors (Lipinski definition) is 7. The Morgan fingerprint density at radius 2 is 1.08 bits per heavy atom. The predicted octanol–water partition coefficient (Wildman–Crippen LogP) is 6.49. The average molecular weight is 537 g/mol. The zero-order chi connectivity index (χ0) is 27.1. The Bertz CT molecular complexity index is 650. The summed E-state index contributed by atoms with van der Waals surface area (Å²) in [5.74, 6) is -2.05. The molecule has 0 amide bonds. The van der Waals surface area contributed by atoms with Gasteiger partial charge < -0.3 is 14.6 Å². The molecule has 0 saturated heterocycles. The molecule has 0 saturated carbocycles. The lowest BCUT2D eigenvalue weighted by Crippen LogP contribution is -2.33. The molecule has 0 aliphatic carbocycles. The standard InChI is InChI=1S/C27H52O8S/c1-3-5-6-7-8-9-10-11-12-13-14-15-16-17-18-19-20-21-22-34-25(29)23-24(28)27(30)35-26(4-2)36(31,32)33/h24,26,28H,3-23H2,1-2H3,(H,31,32,33). The van der Waals surface area contributed by atoms with Gasteiger partial charge in [-0.15, -0.1) is 0 Å². The van der Waals surface area contributed by atoms with Crippen LogP contribution in [0.3, 0.4) is 0 Å². The van der Waals surface area contributed by atoms with E-state index in [0.717, 1.165) is 12.8 Å². The van der Waals surface area contributed by atoms with Crippen molar-refractivity contribution >= 4 is 22.1 Å². The molecular formula is C27H52O8S. The van der Waals surface area contributed by atoms with Crippen LogP contribution in [-0.4, -0.2) is 48.2 Å². The number of carbonyl (C=O) groups is 2. The highest BCUT2D eigenvalue weighted by Crippen LogP contribution is 2.14. The highest BCUT2D eigenvalue weighted by Gasteiger charge is 2.29. The highest BCUT2D eigenvalue weighted by atomic mass is 32.2. The second-order valence-electron chi connectivity index (χ2n) is 9.74. The van der Waals surface area contributed by atoms with Gasteiger partial charge in [0, 0.05) is 0 Å². The third kappa shape index (κ3) is 20.9. The summed E-state index contributed by atoms with van der Waals surface area (Å²) in [5.41, 5.74) is -1.77. The van der Waals surface area contributed by atoms with Crippen LogP contribution in [0.1, 0.15) is 142 Å². The van der Waals surface area contributed by atoms with E-state index in [0.29, 0.717) is 6.42 Å². The fraction of sp³-hybridized carbons (Fsp3) is 0.926. The first-order valence-electron chi connectivity index (χ1n) is 14.2. The number of carbonyl (C=O) groups excluding carboxylic acids is 2. The second-order valence-corrected chi connectivity index (χ2v) is 11.3. The van der Waals surface area contributed by atoms with E-state index < -0.39 is 40.0 Å². The molecule has 0 aromatic rings. The minimum absolute atomic E-state index is 0.179. The smallest absolute Gasteiger partial charge is 0.336 e. The lowest BCUT2D eigenvalue weighted by Gasteiger charge is -2.15. The van der Waals surface area contributed by atoms with Crippen molar-refractivity contribution in [3.05, 3.63) is 0 Å². The normalized spacial score (nSPS) is 13.3. The minimum atomic E-state index is -4.58. The van der Waals surface area contributed by atoms with Gasteiger partial charge in [-0.25, -0.2) is 4.79 Å². The molecule has 0 spiro atoms. The SMILES string of the molecule is CCCCCCCCCCCCCCCCCCCCOC(=O)CC(O)C(=O)OC(CC)S(=O)(=O)O. The lowest BCUT2D eigenvalue weighted by molar-refractivity contribution is -0.161. The van der Waals surface area contributed by atoms with E-state index in [9.17, 15) is 23.1 Å². The Kier molecular flexibility index (Phi) is 22.2. The van der Waals surface area contributed by atoms with Gasteiger partial charge in [0.2, 0.25) is 5.44 Å². The van der Waals surface area contributed by atoms with Crippen molar-refractivity contribution in [2.75, 3.05) is 6.61 Å². The molecule has 0 fully saturated rings. The Labute approximate surface area is 219 Å². The third-order valence-electron chi connectivity index (χ3n) is 6.31. The number of aliphatic hydroxyl groups excluding tert-OH is 1. The minimum Gasteiger partial charge on any atom is -0.466 e. The maximum Gasteiger partial charge on any atom is 0.336 e. The molecule has 0 aliphatic rings. The zero-order valence-corrected chi connectivity index (χ0v) is 23.6. The number of rotatable bonds is 25. The van der Waals surface area contributed by atoms with E-state index >= 15 is 0 Å². The van der Waals surface area contributed by atoms with Gasteiger partial charge >= 0.3 is 22.1 Å². The summed E-state index contributed by atoms with van der Waals surface area (Å²) in [6.45, 7) is 3.86. The van der Waals surface area contributed by atoms with Crippen molar-refractivity contribution in [2.24, 2.45) is 0 Å². The molecule has 2 atom stereocenters. The van der Waals surface area contributed by atoms with E-state index in [4.69, 9.17) is 9.29 Å². The molecule has 36 heavy (non-hydrogen) atoms. The fourth-order valence-corrected chi connectivity index (χ4v) is 4.69. The first-order valence-corrected chi connectivity index (χ1v) is 15.7. The summed E-state index contributed by atoms with van der Waals surface area (Å²) in [5, 5.41) is 9.71. The number of hydrogen-bond donors (Lipinski definition) is 2. The lowest BCUT2D eigenvalue weighted by atomic mass is 10.0. The van der Waals surface area contributed by atoms with Crippen LogP contribution in [0.25, 0.3) is 0 Å². The van der Waals surface area contributed by atoms with Crippen LogP contribution in [-0.2, 0) is 29.2 Å². The summed E-state index contributed by atoms with van der Waals surface area (Å²) in [7, 11) is -4.58. The van der Waals surface area contributed by atoms with Gasteiger partial charge in [-0.2, -0.15) is 8.42 Å². The first-order chi connectivity index (χ1) is 17.2. The average Bonchev–Trinajstić information content (AvgIpc) is 2.82. The zero-order valence-electron chi connectivity index (χ0n) is 22.8.